The molecule has 6 heteroatoms. The summed E-state index contributed by atoms with van der Waals surface area (Å²) >= 11 is 0. The molecule has 0 fully saturated rings. The summed E-state index contributed by atoms with van der Waals surface area (Å²) in [5.41, 5.74) is 6.51. The lowest BCUT2D eigenvalue weighted by Crippen LogP contribution is -2.07. The molecule has 0 atom stereocenters. The Morgan fingerprint density at radius 1 is 1.33 bits per heavy atom. The summed E-state index contributed by atoms with van der Waals surface area (Å²) in [7, 11) is 1.53. The zero-order chi connectivity index (χ0) is 15.2. The molecule has 0 saturated carbocycles. The molecule has 0 aliphatic carbocycles. The molecule has 0 spiro atoms. The van der Waals surface area contributed by atoms with Crippen LogP contribution in [-0.2, 0) is 4.74 Å². The summed E-state index contributed by atoms with van der Waals surface area (Å²) in [6.07, 6.45) is 1.53. The second kappa shape index (κ2) is 6.60. The van der Waals surface area contributed by atoms with E-state index >= 15 is 0 Å². The zero-order valence-corrected chi connectivity index (χ0v) is 11.8. The molecule has 0 unspecified atom stereocenters. The molecule has 0 radical (unpaired) electrons. The molecule has 2 aromatic rings. The molecule has 1 aromatic heterocycles. The standard InChI is InChI=1S/C15H16N2O4/c1-3-20-15(18)11-5-4-8-17-14(11)21-10-6-7-13(19-2)12(16)9-10/h4-9H,3,16H2,1-2H3. The van der Waals surface area contributed by atoms with Gasteiger partial charge in [0.25, 0.3) is 0 Å². The third-order valence-electron chi connectivity index (χ3n) is 2.68. The number of nitrogens with two attached hydrogens (primary N) is 1. The quantitative estimate of drug-likeness (QED) is 0.672. The second-order valence-electron chi connectivity index (χ2n) is 4.08. The van der Waals surface area contributed by atoms with Crippen LogP contribution in [0.2, 0.25) is 0 Å². The number of methoxy groups -OCH3 is 1. The van der Waals surface area contributed by atoms with E-state index in [2.05, 4.69) is 4.98 Å². The van der Waals surface area contributed by atoms with E-state index < -0.39 is 5.97 Å². The van der Waals surface area contributed by atoms with Gasteiger partial charge in [-0.1, -0.05) is 0 Å². The highest BCUT2D eigenvalue weighted by Gasteiger charge is 2.15. The first kappa shape index (κ1) is 14.6. The number of esters is 1. The van der Waals surface area contributed by atoms with Gasteiger partial charge in [-0.05, 0) is 31.2 Å². The molecule has 0 amide bonds. The average molecular weight is 288 g/mol. The molecule has 0 aliphatic rings. The normalized spacial score (nSPS) is 10.0. The SMILES string of the molecule is CCOC(=O)c1cccnc1Oc1ccc(OC)c(N)c1. The Balaban J connectivity index is 2.27. The number of nitrogens with zero attached hydrogens (tertiary/aromatic N) is 1. The molecule has 0 bridgehead atoms. The third-order valence-corrected chi connectivity index (χ3v) is 2.68. The summed E-state index contributed by atoms with van der Waals surface area (Å²) in [5, 5.41) is 0. The van der Waals surface area contributed by atoms with Crippen molar-refractivity contribution < 1.29 is 19.0 Å². The predicted octanol–water partition coefficient (Wildman–Crippen LogP) is 2.64. The fourth-order valence-corrected chi connectivity index (χ4v) is 1.72. The Morgan fingerprint density at radius 2 is 2.14 bits per heavy atom. The summed E-state index contributed by atoms with van der Waals surface area (Å²) in [6.45, 7) is 2.02. The van der Waals surface area contributed by atoms with Crippen LogP contribution >= 0.6 is 0 Å². The largest absolute Gasteiger partial charge is 0.495 e. The zero-order valence-electron chi connectivity index (χ0n) is 11.8. The van der Waals surface area contributed by atoms with Crippen molar-refractivity contribution in [2.24, 2.45) is 0 Å². The van der Waals surface area contributed by atoms with Gasteiger partial charge in [0.1, 0.15) is 17.1 Å². The lowest BCUT2D eigenvalue weighted by atomic mass is 10.2. The monoisotopic (exact) mass is 288 g/mol. The van der Waals surface area contributed by atoms with Crippen molar-refractivity contribution in [2.75, 3.05) is 19.5 Å². The summed E-state index contributed by atoms with van der Waals surface area (Å²) in [5.74, 6) is 0.689. The molecular weight excluding hydrogens is 272 g/mol. The summed E-state index contributed by atoms with van der Waals surface area (Å²) in [6, 6.07) is 8.19. The van der Waals surface area contributed by atoms with Gasteiger partial charge in [0.2, 0.25) is 5.88 Å². The second-order valence-corrected chi connectivity index (χ2v) is 4.08. The highest BCUT2D eigenvalue weighted by Crippen LogP contribution is 2.29. The molecule has 1 heterocycles. The maximum absolute atomic E-state index is 11.8. The molecule has 1 aromatic carbocycles. The number of anilines is 1. The number of pyridine rings is 1. The van der Waals surface area contributed by atoms with Crippen LogP contribution in [0.1, 0.15) is 17.3 Å². The van der Waals surface area contributed by atoms with Crippen molar-refractivity contribution in [2.45, 2.75) is 6.92 Å². The molecule has 21 heavy (non-hydrogen) atoms. The Kier molecular flexibility index (Phi) is 4.61. The van der Waals surface area contributed by atoms with E-state index in [0.29, 0.717) is 17.2 Å². The van der Waals surface area contributed by atoms with Crippen LogP contribution in [-0.4, -0.2) is 24.7 Å². The molecule has 110 valence electrons. The number of hydrogen-bond donors (Lipinski definition) is 1. The minimum Gasteiger partial charge on any atom is -0.495 e. The van der Waals surface area contributed by atoms with Gasteiger partial charge in [0.05, 0.1) is 19.4 Å². The average Bonchev–Trinajstić information content (AvgIpc) is 2.48. The minimum atomic E-state index is -0.484. The fraction of sp³-hybridized carbons (Fsp3) is 0.200. The van der Waals surface area contributed by atoms with E-state index in [1.54, 1.807) is 37.3 Å². The fourth-order valence-electron chi connectivity index (χ4n) is 1.72. The third kappa shape index (κ3) is 3.42. The van der Waals surface area contributed by atoms with Gasteiger partial charge >= 0.3 is 5.97 Å². The van der Waals surface area contributed by atoms with Crippen LogP contribution < -0.4 is 15.2 Å². The molecule has 2 N–H and O–H groups in total. The van der Waals surface area contributed by atoms with Crippen LogP contribution in [0.25, 0.3) is 0 Å². The number of carbonyl (C=O) groups excluding carboxylic acids is 1. The minimum absolute atomic E-state index is 0.167. The number of rotatable bonds is 5. The lowest BCUT2D eigenvalue weighted by Gasteiger charge is -2.10. The number of carbonyl (C=O) groups is 1. The molecule has 6 nitrogen and oxygen atoms in total. The van der Waals surface area contributed by atoms with E-state index in [9.17, 15) is 4.79 Å². The van der Waals surface area contributed by atoms with Gasteiger partial charge in [-0.2, -0.15) is 0 Å². The number of benzene rings is 1. The molecule has 2 rings (SSSR count). The van der Waals surface area contributed by atoms with Gasteiger partial charge in [0, 0.05) is 12.3 Å². The van der Waals surface area contributed by atoms with Crippen LogP contribution in [0, 0.1) is 0 Å². The van der Waals surface area contributed by atoms with E-state index in [1.807, 2.05) is 0 Å². The van der Waals surface area contributed by atoms with Crippen molar-refractivity contribution in [3.63, 3.8) is 0 Å². The van der Waals surface area contributed by atoms with Gasteiger partial charge in [0.15, 0.2) is 0 Å². The molecule has 0 aliphatic heterocycles. The van der Waals surface area contributed by atoms with Crippen molar-refractivity contribution in [3.8, 4) is 17.4 Å². The van der Waals surface area contributed by atoms with Crippen molar-refractivity contribution >= 4 is 11.7 Å². The van der Waals surface area contributed by atoms with Crippen molar-refractivity contribution in [1.82, 2.24) is 4.98 Å². The van der Waals surface area contributed by atoms with Crippen LogP contribution in [0.5, 0.6) is 17.4 Å². The molecule has 0 saturated heterocycles. The van der Waals surface area contributed by atoms with Gasteiger partial charge in [-0.3, -0.25) is 0 Å². The predicted molar refractivity (Wildman–Crippen MR) is 77.7 cm³/mol. The van der Waals surface area contributed by atoms with Gasteiger partial charge in [-0.15, -0.1) is 0 Å². The number of aromatic nitrogens is 1. The first-order valence-corrected chi connectivity index (χ1v) is 6.39. The first-order chi connectivity index (χ1) is 10.2. The van der Waals surface area contributed by atoms with Crippen LogP contribution in [0.15, 0.2) is 36.5 Å². The van der Waals surface area contributed by atoms with Crippen LogP contribution in [0.3, 0.4) is 0 Å². The Morgan fingerprint density at radius 3 is 2.81 bits per heavy atom. The Bertz CT molecular complexity index is 643. The maximum Gasteiger partial charge on any atom is 0.343 e. The maximum atomic E-state index is 11.8. The van der Waals surface area contributed by atoms with E-state index in [-0.39, 0.29) is 18.1 Å². The Hall–Kier alpha value is -2.76. The summed E-state index contributed by atoms with van der Waals surface area (Å²) < 4.78 is 15.6. The highest BCUT2D eigenvalue weighted by molar-refractivity contribution is 5.91. The Labute approximate surface area is 122 Å². The van der Waals surface area contributed by atoms with Crippen LogP contribution in [0.4, 0.5) is 5.69 Å². The van der Waals surface area contributed by atoms with E-state index in [4.69, 9.17) is 19.9 Å². The van der Waals surface area contributed by atoms with Crippen molar-refractivity contribution in [1.29, 1.82) is 0 Å². The topological polar surface area (TPSA) is 83.7 Å². The van der Waals surface area contributed by atoms with E-state index in [1.165, 1.54) is 13.3 Å². The lowest BCUT2D eigenvalue weighted by molar-refractivity contribution is 0.0522. The smallest absolute Gasteiger partial charge is 0.343 e. The number of nitrogen functional groups attached to an aromatic ring is 1. The number of ether oxygens (including phenoxy) is 3. The first-order valence-electron chi connectivity index (χ1n) is 6.39. The van der Waals surface area contributed by atoms with E-state index in [0.717, 1.165) is 0 Å². The highest BCUT2D eigenvalue weighted by atomic mass is 16.5. The number of hydrogen-bond acceptors (Lipinski definition) is 6. The molecular formula is C15H16N2O4. The van der Waals surface area contributed by atoms with Gasteiger partial charge in [-0.25, -0.2) is 9.78 Å². The van der Waals surface area contributed by atoms with Crippen molar-refractivity contribution in [3.05, 3.63) is 42.1 Å². The summed E-state index contributed by atoms with van der Waals surface area (Å²) in [4.78, 5) is 15.9. The van der Waals surface area contributed by atoms with Gasteiger partial charge < -0.3 is 19.9 Å².